The van der Waals surface area contributed by atoms with E-state index in [-0.39, 0.29) is 62.3 Å². The second-order valence-corrected chi connectivity index (χ2v) is 15.1. The quantitative estimate of drug-likeness (QED) is 0.0659. The lowest BCUT2D eigenvalue weighted by atomic mass is 9.87. The maximum atomic E-state index is 11.9. The highest BCUT2D eigenvalue weighted by Gasteiger charge is 2.32. The van der Waals surface area contributed by atoms with E-state index in [4.69, 9.17) is 30.9 Å². The van der Waals surface area contributed by atoms with E-state index in [1.165, 1.54) is 24.2 Å². The Balaban J connectivity index is 1.20. The number of aliphatic carboxylic acids is 1. The molecule has 2 unspecified atom stereocenters. The van der Waals surface area contributed by atoms with Crippen LogP contribution in [-0.2, 0) is 42.3 Å². The number of alkyl carbamates (subject to hydrolysis) is 1. The van der Waals surface area contributed by atoms with Gasteiger partial charge in [0.15, 0.2) is 0 Å². The van der Waals surface area contributed by atoms with Crippen LogP contribution in [0, 0.1) is 25.2 Å². The number of carboxylic acid groups (broad SMARTS) is 1. The molecule has 1 aliphatic rings. The van der Waals surface area contributed by atoms with Crippen LogP contribution in [0.25, 0.3) is 22.3 Å². The summed E-state index contributed by atoms with van der Waals surface area (Å²) < 4.78 is 17.6. The number of carbonyl (C=O) groups excluding carboxylic acids is 1. The maximum absolute atomic E-state index is 11.9. The minimum atomic E-state index is -1.63. The van der Waals surface area contributed by atoms with E-state index >= 15 is 0 Å². The number of nitriles is 1. The predicted molar refractivity (Wildman–Crippen MR) is 224 cm³/mol. The first-order valence-electron chi connectivity index (χ1n) is 19.4. The van der Waals surface area contributed by atoms with E-state index in [1.54, 1.807) is 18.3 Å². The van der Waals surface area contributed by atoms with E-state index in [1.807, 2.05) is 19.1 Å². The molecule has 0 fully saturated rings. The van der Waals surface area contributed by atoms with Gasteiger partial charge in [0.2, 0.25) is 11.8 Å². The van der Waals surface area contributed by atoms with Gasteiger partial charge in [-0.2, -0.15) is 10.2 Å². The summed E-state index contributed by atoms with van der Waals surface area (Å²) in [5.41, 5.74) is 9.54. The lowest BCUT2D eigenvalue weighted by Gasteiger charge is -2.26. The summed E-state index contributed by atoms with van der Waals surface area (Å²) in [4.78, 5) is 32.4. The third kappa shape index (κ3) is 10.4. The summed E-state index contributed by atoms with van der Waals surface area (Å²) in [5.74, 6) is -1.00. The molecule has 2 aromatic heterocycles. The molecule has 0 aliphatic carbocycles. The molecular formula is C45H47ClN6O8. The standard InChI is InChI=1S/C45H47ClN6O8/c1-27-33(24-59-42-40(46)17-35(22-51-45(3,26-54)43(55)56)41(52-42)58-23-30-14-29(18-47)19-48-20-30)6-4-8-38(27)39-9-5-7-37(28(39)2)32-11-10-31-16-36(50-21-34(31)15-32)25-60-44(57)49-12-13-53/h4-11,14-15,17,19-20,36,50-51,53-54H,12-13,16,21-26H2,1-3H3,(H,49,57)(H,55,56). The Bertz CT molecular complexity index is 2400. The molecule has 15 heteroatoms. The van der Waals surface area contributed by atoms with Crippen molar-refractivity contribution in [2.45, 2.75) is 65.1 Å². The van der Waals surface area contributed by atoms with Gasteiger partial charge in [-0.1, -0.05) is 60.1 Å². The van der Waals surface area contributed by atoms with Crippen LogP contribution in [-0.4, -0.2) is 75.3 Å². The summed E-state index contributed by atoms with van der Waals surface area (Å²) in [6.45, 7) is 5.84. The Morgan fingerprint density at radius 1 is 0.950 bits per heavy atom. The zero-order valence-corrected chi connectivity index (χ0v) is 34.3. The number of fused-ring (bicyclic) bond motifs is 1. The van der Waals surface area contributed by atoms with E-state index in [0.29, 0.717) is 23.2 Å². The largest absolute Gasteiger partial charge is 0.480 e. The molecule has 5 aromatic rings. The number of aliphatic hydroxyl groups is 2. The fourth-order valence-electron chi connectivity index (χ4n) is 6.89. The van der Waals surface area contributed by atoms with Crippen molar-refractivity contribution in [3.05, 3.63) is 129 Å². The lowest BCUT2D eigenvalue weighted by Crippen LogP contribution is -2.52. The van der Waals surface area contributed by atoms with Crippen LogP contribution in [0.15, 0.2) is 79.1 Å². The Morgan fingerprint density at radius 3 is 2.45 bits per heavy atom. The molecule has 6 rings (SSSR count). The van der Waals surface area contributed by atoms with Crippen molar-refractivity contribution in [3.8, 4) is 40.1 Å². The zero-order valence-electron chi connectivity index (χ0n) is 33.5. The number of hydrogen-bond acceptors (Lipinski definition) is 12. The third-order valence-electron chi connectivity index (χ3n) is 10.5. The number of carbonyl (C=O) groups is 2. The van der Waals surface area contributed by atoms with Crippen molar-refractivity contribution in [2.24, 2.45) is 0 Å². The molecule has 0 spiro atoms. The smallest absolute Gasteiger partial charge is 0.407 e. The number of amides is 1. The molecule has 0 bridgehead atoms. The van der Waals surface area contributed by atoms with Crippen molar-refractivity contribution in [3.63, 3.8) is 0 Å². The lowest BCUT2D eigenvalue weighted by molar-refractivity contribution is -0.145. The van der Waals surface area contributed by atoms with Gasteiger partial charge in [0.05, 0.1) is 18.8 Å². The molecule has 14 nitrogen and oxygen atoms in total. The number of pyridine rings is 2. The summed E-state index contributed by atoms with van der Waals surface area (Å²) in [5, 5.41) is 46.7. The number of nitrogens with zero attached hydrogens (tertiary/aromatic N) is 3. The molecule has 1 amide bonds. The average molecular weight is 835 g/mol. The fourth-order valence-corrected chi connectivity index (χ4v) is 7.11. The number of carboxylic acids is 1. The molecule has 60 heavy (non-hydrogen) atoms. The molecule has 312 valence electrons. The van der Waals surface area contributed by atoms with Crippen molar-refractivity contribution >= 4 is 23.7 Å². The topological polar surface area (TPSA) is 208 Å². The Hall–Kier alpha value is -6.08. The van der Waals surface area contributed by atoms with Crippen LogP contribution in [0.5, 0.6) is 11.8 Å². The van der Waals surface area contributed by atoms with Crippen LogP contribution >= 0.6 is 11.6 Å². The molecule has 1 aliphatic heterocycles. The molecule has 0 saturated carbocycles. The second-order valence-electron chi connectivity index (χ2n) is 14.7. The van der Waals surface area contributed by atoms with Crippen molar-refractivity contribution in [1.29, 1.82) is 5.26 Å². The van der Waals surface area contributed by atoms with Gasteiger partial charge in [0.25, 0.3) is 0 Å². The van der Waals surface area contributed by atoms with E-state index in [9.17, 15) is 25.1 Å². The number of ether oxygens (including phenoxy) is 3. The first kappa shape index (κ1) is 43.5. The van der Waals surface area contributed by atoms with Crippen LogP contribution in [0.3, 0.4) is 0 Å². The van der Waals surface area contributed by atoms with Crippen molar-refractivity contribution in [1.82, 2.24) is 25.9 Å². The predicted octanol–water partition coefficient (Wildman–Crippen LogP) is 5.77. The molecule has 2 atom stereocenters. The van der Waals surface area contributed by atoms with Gasteiger partial charge in [-0.15, -0.1) is 0 Å². The molecular weight excluding hydrogens is 788 g/mol. The summed E-state index contributed by atoms with van der Waals surface area (Å²) in [6, 6.07) is 24.1. The van der Waals surface area contributed by atoms with Gasteiger partial charge in [-0.25, -0.2) is 4.79 Å². The van der Waals surface area contributed by atoms with Gasteiger partial charge in [-0.05, 0) is 95.5 Å². The van der Waals surface area contributed by atoms with E-state index < -0.39 is 24.2 Å². The van der Waals surface area contributed by atoms with E-state index in [2.05, 4.69) is 81.4 Å². The zero-order chi connectivity index (χ0) is 42.8. The SMILES string of the molecule is Cc1c(COc2nc(OCc3cncc(C#N)c3)c(CNC(C)(CO)C(=O)O)cc2Cl)cccc1-c1cccc(-c2ccc3c(c2)CNC(COC(=O)NCCO)C3)c1C. The van der Waals surface area contributed by atoms with Crippen LogP contribution in [0.2, 0.25) is 5.02 Å². The molecule has 0 radical (unpaired) electrons. The molecule has 3 aromatic carbocycles. The van der Waals surface area contributed by atoms with Gasteiger partial charge in [0, 0.05) is 49.2 Å². The number of rotatable bonds is 17. The van der Waals surface area contributed by atoms with Gasteiger partial charge < -0.3 is 40.2 Å². The third-order valence-corrected chi connectivity index (χ3v) is 10.8. The van der Waals surface area contributed by atoms with Crippen LogP contribution in [0.4, 0.5) is 4.79 Å². The normalized spacial score (nSPS) is 14.3. The van der Waals surface area contributed by atoms with Gasteiger partial charge >= 0.3 is 12.1 Å². The number of aromatic nitrogens is 2. The Morgan fingerprint density at radius 2 is 1.70 bits per heavy atom. The first-order chi connectivity index (χ1) is 28.9. The Labute approximate surface area is 353 Å². The Kier molecular flexibility index (Phi) is 14.3. The molecule has 6 N–H and O–H groups in total. The number of nitrogens with one attached hydrogen (secondary N) is 3. The first-order valence-corrected chi connectivity index (χ1v) is 19.7. The highest BCUT2D eigenvalue weighted by molar-refractivity contribution is 6.31. The summed E-state index contributed by atoms with van der Waals surface area (Å²) >= 11 is 6.71. The number of hydrogen-bond donors (Lipinski definition) is 6. The van der Waals surface area contributed by atoms with Crippen molar-refractivity contribution in [2.75, 3.05) is 26.4 Å². The number of aliphatic hydroxyl groups excluding tert-OH is 2. The minimum Gasteiger partial charge on any atom is -0.480 e. The highest BCUT2D eigenvalue weighted by atomic mass is 35.5. The van der Waals surface area contributed by atoms with Gasteiger partial charge in [-0.3, -0.25) is 15.1 Å². The van der Waals surface area contributed by atoms with E-state index in [0.717, 1.165) is 45.4 Å². The van der Waals surface area contributed by atoms with Crippen LogP contribution < -0.4 is 25.4 Å². The molecule has 3 heterocycles. The van der Waals surface area contributed by atoms with Crippen molar-refractivity contribution < 1.29 is 39.1 Å². The summed E-state index contributed by atoms with van der Waals surface area (Å²) in [6.07, 6.45) is 3.18. The molecule has 0 saturated heterocycles. The fraction of sp³-hybridized carbons (Fsp3) is 0.311. The number of halogens is 1. The highest BCUT2D eigenvalue weighted by Crippen LogP contribution is 2.36. The monoisotopic (exact) mass is 834 g/mol. The number of benzene rings is 3. The second kappa shape index (κ2) is 19.8. The summed E-state index contributed by atoms with van der Waals surface area (Å²) in [7, 11) is 0. The average Bonchev–Trinajstić information content (AvgIpc) is 3.26. The maximum Gasteiger partial charge on any atom is 0.407 e. The van der Waals surface area contributed by atoms with Gasteiger partial charge in [0.1, 0.15) is 36.5 Å². The minimum absolute atomic E-state index is 0.00611. The van der Waals surface area contributed by atoms with Crippen LogP contribution in [0.1, 0.15) is 51.4 Å².